The average molecular weight is 318 g/mol. The van der Waals surface area contributed by atoms with Gasteiger partial charge in [-0.05, 0) is 29.4 Å². The Balaban J connectivity index is 1.70. The van der Waals surface area contributed by atoms with Crippen molar-refractivity contribution < 1.29 is 4.79 Å². The molecule has 2 unspecified atom stereocenters. The summed E-state index contributed by atoms with van der Waals surface area (Å²) in [6, 6.07) is 16.4. The van der Waals surface area contributed by atoms with E-state index in [4.69, 9.17) is 0 Å². The molecule has 2 heteroatoms. The van der Waals surface area contributed by atoms with Gasteiger partial charge in [0.1, 0.15) is 0 Å². The van der Waals surface area contributed by atoms with Gasteiger partial charge in [0.15, 0.2) is 5.78 Å². The highest BCUT2D eigenvalue weighted by Gasteiger charge is 2.37. The van der Waals surface area contributed by atoms with E-state index in [1.54, 1.807) is 0 Å². The Morgan fingerprint density at radius 3 is 2.52 bits per heavy atom. The maximum atomic E-state index is 12.9. The maximum absolute atomic E-state index is 12.9. The number of hydrogen-bond acceptors (Lipinski definition) is 2. The molecule has 1 heterocycles. The van der Waals surface area contributed by atoms with Crippen molar-refractivity contribution >= 4 is 17.5 Å². The van der Waals surface area contributed by atoms with E-state index in [2.05, 4.69) is 37.3 Å². The fourth-order valence-electron chi connectivity index (χ4n) is 3.48. The van der Waals surface area contributed by atoms with Crippen molar-refractivity contribution in [1.82, 2.24) is 0 Å². The molecule has 4 rings (SSSR count). The topological polar surface area (TPSA) is 17.1 Å². The van der Waals surface area contributed by atoms with Gasteiger partial charge in [0.2, 0.25) is 0 Å². The number of thioether (sulfide) groups is 1. The number of carbonyl (C=O) groups is 1. The van der Waals surface area contributed by atoms with E-state index in [-0.39, 0.29) is 11.7 Å². The van der Waals surface area contributed by atoms with Gasteiger partial charge < -0.3 is 0 Å². The van der Waals surface area contributed by atoms with Gasteiger partial charge in [0.05, 0.1) is 0 Å². The van der Waals surface area contributed by atoms with Gasteiger partial charge in [-0.15, -0.1) is 0 Å². The zero-order valence-corrected chi connectivity index (χ0v) is 14.1. The van der Waals surface area contributed by atoms with Crippen molar-refractivity contribution in [2.75, 3.05) is 0 Å². The summed E-state index contributed by atoms with van der Waals surface area (Å²) in [5.41, 5.74) is 4.23. The van der Waals surface area contributed by atoms with Crippen LogP contribution in [0.3, 0.4) is 0 Å². The Kier molecular flexibility index (Phi) is 3.50. The zero-order valence-electron chi connectivity index (χ0n) is 13.2. The molecule has 0 fully saturated rings. The minimum absolute atomic E-state index is 0.155. The molecular formula is C21H18OS. The van der Waals surface area contributed by atoms with Crippen LogP contribution in [0.15, 0.2) is 76.1 Å². The average Bonchev–Trinajstić information content (AvgIpc) is 2.94. The molecule has 2 atom stereocenters. The fourth-order valence-corrected chi connectivity index (χ4v) is 4.79. The molecule has 2 aromatic carbocycles. The van der Waals surface area contributed by atoms with E-state index in [9.17, 15) is 4.79 Å². The van der Waals surface area contributed by atoms with Crippen LogP contribution in [-0.4, -0.2) is 5.78 Å². The van der Waals surface area contributed by atoms with E-state index in [1.165, 1.54) is 20.9 Å². The molecule has 1 aliphatic carbocycles. The number of carbonyl (C=O) groups excluding carboxylic acids is 1. The van der Waals surface area contributed by atoms with E-state index in [0.717, 1.165) is 11.1 Å². The molecule has 2 aliphatic rings. The van der Waals surface area contributed by atoms with Crippen LogP contribution >= 0.6 is 11.8 Å². The predicted octanol–water partition coefficient (Wildman–Crippen LogP) is 5.53. The summed E-state index contributed by atoms with van der Waals surface area (Å²) in [4.78, 5) is 15.6. The summed E-state index contributed by atoms with van der Waals surface area (Å²) in [6.07, 6.45) is 4.16. The minimum Gasteiger partial charge on any atom is -0.289 e. The monoisotopic (exact) mass is 318 g/mol. The standard InChI is InChI=1S/C21H18OS/c1-13-7-9-15(10-8-13)21(22)16-11-12-19-20(14(16)2)17-5-3-4-6-18(17)23-19/h3-12,14,20H,1-2H3. The second-order valence-corrected chi connectivity index (χ2v) is 7.41. The molecule has 114 valence electrons. The summed E-state index contributed by atoms with van der Waals surface area (Å²) in [7, 11) is 0. The first-order chi connectivity index (χ1) is 11.1. The molecule has 0 saturated carbocycles. The quantitative estimate of drug-likeness (QED) is 0.677. The number of hydrogen-bond donors (Lipinski definition) is 0. The normalized spacial score (nSPS) is 22.0. The summed E-state index contributed by atoms with van der Waals surface area (Å²) < 4.78 is 0. The highest BCUT2D eigenvalue weighted by molar-refractivity contribution is 8.03. The molecule has 0 aromatic heterocycles. The number of allylic oxidation sites excluding steroid dienone is 4. The molecule has 23 heavy (non-hydrogen) atoms. The largest absolute Gasteiger partial charge is 0.289 e. The Bertz CT molecular complexity index is 842. The summed E-state index contributed by atoms with van der Waals surface area (Å²) in [5.74, 6) is 0.688. The van der Waals surface area contributed by atoms with E-state index in [1.807, 2.05) is 49.0 Å². The van der Waals surface area contributed by atoms with Crippen LogP contribution in [0.2, 0.25) is 0 Å². The Morgan fingerprint density at radius 2 is 1.74 bits per heavy atom. The van der Waals surface area contributed by atoms with Crippen LogP contribution in [0.5, 0.6) is 0 Å². The Hall–Kier alpha value is -2.06. The SMILES string of the molecule is Cc1ccc(C(=O)C2=CC=C3Sc4ccccc4C3C2C)cc1. The van der Waals surface area contributed by atoms with Gasteiger partial charge in [0.25, 0.3) is 0 Å². The van der Waals surface area contributed by atoms with Crippen LogP contribution < -0.4 is 0 Å². The van der Waals surface area contributed by atoms with Gasteiger partial charge in [0, 0.05) is 21.9 Å². The van der Waals surface area contributed by atoms with E-state index < -0.39 is 0 Å². The third-order valence-electron chi connectivity index (χ3n) is 4.78. The minimum atomic E-state index is 0.155. The predicted molar refractivity (Wildman–Crippen MR) is 95.9 cm³/mol. The number of Topliss-reactive ketones (excluding diaryl/α,β-unsaturated/α-hetero) is 1. The molecule has 1 aliphatic heterocycles. The molecular weight excluding hydrogens is 300 g/mol. The lowest BCUT2D eigenvalue weighted by atomic mass is 9.77. The lowest BCUT2D eigenvalue weighted by Gasteiger charge is -2.26. The molecule has 2 aromatic rings. The van der Waals surface area contributed by atoms with Gasteiger partial charge in [-0.3, -0.25) is 4.79 Å². The maximum Gasteiger partial charge on any atom is 0.189 e. The van der Waals surface area contributed by atoms with Crippen molar-refractivity contribution in [3.8, 4) is 0 Å². The molecule has 0 N–H and O–H groups in total. The van der Waals surface area contributed by atoms with Crippen molar-refractivity contribution in [3.63, 3.8) is 0 Å². The molecule has 0 bridgehead atoms. The van der Waals surface area contributed by atoms with Gasteiger partial charge in [-0.25, -0.2) is 0 Å². The van der Waals surface area contributed by atoms with Gasteiger partial charge in [-0.2, -0.15) is 0 Å². The molecule has 1 nitrogen and oxygen atoms in total. The summed E-state index contributed by atoms with van der Waals surface area (Å²) in [5, 5.41) is 0. The van der Waals surface area contributed by atoms with Crippen molar-refractivity contribution in [1.29, 1.82) is 0 Å². The number of rotatable bonds is 2. The molecule has 0 spiro atoms. The Labute approximate surface area is 141 Å². The van der Waals surface area contributed by atoms with Crippen LogP contribution in [0.25, 0.3) is 0 Å². The second kappa shape index (κ2) is 5.54. The van der Waals surface area contributed by atoms with Crippen LogP contribution in [-0.2, 0) is 0 Å². The van der Waals surface area contributed by atoms with Crippen molar-refractivity contribution in [2.24, 2.45) is 5.92 Å². The summed E-state index contributed by atoms with van der Waals surface area (Å²) in [6.45, 7) is 4.22. The third-order valence-corrected chi connectivity index (χ3v) is 6.00. The number of benzene rings is 2. The first kappa shape index (κ1) is 14.5. The lowest BCUT2D eigenvalue weighted by molar-refractivity contribution is 0.102. The number of fused-ring (bicyclic) bond motifs is 3. The van der Waals surface area contributed by atoms with Gasteiger partial charge in [-0.1, -0.05) is 78.9 Å². The molecule has 0 saturated heterocycles. The fraction of sp³-hybridized carbons (Fsp3) is 0.190. The van der Waals surface area contributed by atoms with E-state index >= 15 is 0 Å². The smallest absolute Gasteiger partial charge is 0.189 e. The van der Waals surface area contributed by atoms with Crippen LogP contribution in [0, 0.1) is 12.8 Å². The zero-order chi connectivity index (χ0) is 16.0. The van der Waals surface area contributed by atoms with Crippen LogP contribution in [0.1, 0.15) is 34.3 Å². The van der Waals surface area contributed by atoms with Crippen molar-refractivity contribution in [2.45, 2.75) is 24.7 Å². The van der Waals surface area contributed by atoms with Crippen LogP contribution in [0.4, 0.5) is 0 Å². The highest BCUT2D eigenvalue weighted by Crippen LogP contribution is 2.54. The van der Waals surface area contributed by atoms with Gasteiger partial charge >= 0.3 is 0 Å². The number of ketones is 1. The van der Waals surface area contributed by atoms with Crippen molar-refractivity contribution in [3.05, 3.63) is 87.9 Å². The second-order valence-electron chi connectivity index (χ2n) is 6.29. The van der Waals surface area contributed by atoms with E-state index in [0.29, 0.717) is 5.92 Å². The Morgan fingerprint density at radius 1 is 1.00 bits per heavy atom. The summed E-state index contributed by atoms with van der Waals surface area (Å²) >= 11 is 1.84. The highest BCUT2D eigenvalue weighted by atomic mass is 32.2. The first-order valence-corrected chi connectivity index (χ1v) is 8.76. The molecule has 0 radical (unpaired) electrons. The number of aryl methyl sites for hydroxylation is 1. The molecule has 0 amide bonds. The lowest BCUT2D eigenvalue weighted by Crippen LogP contribution is -2.20. The third kappa shape index (κ3) is 2.38. The first-order valence-electron chi connectivity index (χ1n) is 7.95.